The molecule has 0 saturated heterocycles. The molecule has 0 amide bonds. The van der Waals surface area contributed by atoms with Crippen molar-refractivity contribution in [3.05, 3.63) is 41.7 Å². The fourth-order valence-corrected chi connectivity index (χ4v) is 2.35. The molecule has 106 valence electrons. The van der Waals surface area contributed by atoms with Gasteiger partial charge in [0, 0.05) is 25.3 Å². The van der Waals surface area contributed by atoms with Crippen LogP contribution in [-0.4, -0.2) is 16.6 Å². The molecule has 20 heavy (non-hydrogen) atoms. The number of hydrogen-bond acceptors (Lipinski definition) is 4. The van der Waals surface area contributed by atoms with Gasteiger partial charge in [-0.25, -0.2) is 0 Å². The molecule has 2 aromatic rings. The standard InChI is InChI=1S/C15H19N3O2/c1-3-18-13(6-7-17-18)9-16-11(2)12-4-5-14-15(8-12)20-10-19-14/h4-8,11,16H,3,9-10H2,1-2H3. The molecule has 0 saturated carbocycles. The Balaban J connectivity index is 1.66. The van der Waals surface area contributed by atoms with Crippen LogP contribution in [0, 0.1) is 0 Å². The fraction of sp³-hybridized carbons (Fsp3) is 0.400. The maximum Gasteiger partial charge on any atom is 0.231 e. The van der Waals surface area contributed by atoms with E-state index < -0.39 is 0 Å². The number of benzene rings is 1. The molecule has 5 heteroatoms. The highest BCUT2D eigenvalue weighted by Gasteiger charge is 2.15. The number of aromatic nitrogens is 2. The van der Waals surface area contributed by atoms with E-state index in [1.165, 1.54) is 11.3 Å². The minimum absolute atomic E-state index is 0.240. The van der Waals surface area contributed by atoms with Gasteiger partial charge in [0.25, 0.3) is 0 Å². The molecule has 1 atom stereocenters. The second-order valence-corrected chi connectivity index (χ2v) is 4.85. The first-order valence-corrected chi connectivity index (χ1v) is 6.91. The largest absolute Gasteiger partial charge is 0.454 e. The zero-order valence-electron chi connectivity index (χ0n) is 11.8. The predicted molar refractivity (Wildman–Crippen MR) is 75.7 cm³/mol. The summed E-state index contributed by atoms with van der Waals surface area (Å²) >= 11 is 0. The van der Waals surface area contributed by atoms with Crippen LogP contribution in [0.15, 0.2) is 30.5 Å². The average Bonchev–Trinajstić information content (AvgIpc) is 3.12. The van der Waals surface area contributed by atoms with Gasteiger partial charge in [-0.3, -0.25) is 4.68 Å². The van der Waals surface area contributed by atoms with Gasteiger partial charge >= 0.3 is 0 Å². The first kappa shape index (κ1) is 13.0. The Labute approximate surface area is 118 Å². The summed E-state index contributed by atoms with van der Waals surface area (Å²) in [4.78, 5) is 0. The molecular formula is C15H19N3O2. The molecule has 3 rings (SSSR count). The summed E-state index contributed by atoms with van der Waals surface area (Å²) < 4.78 is 12.7. The van der Waals surface area contributed by atoms with Gasteiger partial charge in [-0.1, -0.05) is 6.07 Å². The van der Waals surface area contributed by atoms with Crippen LogP contribution < -0.4 is 14.8 Å². The van der Waals surface area contributed by atoms with E-state index in [-0.39, 0.29) is 6.04 Å². The topological polar surface area (TPSA) is 48.3 Å². The molecule has 0 bridgehead atoms. The lowest BCUT2D eigenvalue weighted by Gasteiger charge is -2.15. The van der Waals surface area contributed by atoms with Crippen molar-refractivity contribution in [2.45, 2.75) is 33.0 Å². The highest BCUT2D eigenvalue weighted by molar-refractivity contribution is 5.45. The van der Waals surface area contributed by atoms with E-state index in [2.05, 4.69) is 30.3 Å². The van der Waals surface area contributed by atoms with Crippen LogP contribution in [-0.2, 0) is 13.1 Å². The maximum absolute atomic E-state index is 5.41. The van der Waals surface area contributed by atoms with Gasteiger partial charge in [0.1, 0.15) is 0 Å². The summed E-state index contributed by atoms with van der Waals surface area (Å²) in [6.45, 7) is 6.24. The molecule has 0 radical (unpaired) electrons. The van der Waals surface area contributed by atoms with Crippen molar-refractivity contribution in [2.75, 3.05) is 6.79 Å². The van der Waals surface area contributed by atoms with Crippen molar-refractivity contribution in [3.63, 3.8) is 0 Å². The molecule has 1 aliphatic heterocycles. The van der Waals surface area contributed by atoms with Crippen LogP contribution in [0.2, 0.25) is 0 Å². The summed E-state index contributed by atoms with van der Waals surface area (Å²) in [5.41, 5.74) is 2.39. The van der Waals surface area contributed by atoms with Gasteiger partial charge in [0.05, 0.1) is 5.69 Å². The number of nitrogens with zero attached hydrogens (tertiary/aromatic N) is 2. The molecule has 2 heterocycles. The van der Waals surface area contributed by atoms with Gasteiger partial charge in [-0.05, 0) is 37.6 Å². The van der Waals surface area contributed by atoms with Gasteiger partial charge in [0.2, 0.25) is 6.79 Å². The first-order valence-electron chi connectivity index (χ1n) is 6.91. The molecule has 1 aliphatic rings. The van der Waals surface area contributed by atoms with Crippen LogP contribution in [0.3, 0.4) is 0 Å². The molecule has 0 fully saturated rings. The van der Waals surface area contributed by atoms with Crippen LogP contribution in [0.4, 0.5) is 0 Å². The number of rotatable bonds is 5. The Bertz CT molecular complexity index is 595. The Morgan fingerprint density at radius 2 is 2.15 bits per heavy atom. The second kappa shape index (κ2) is 5.54. The molecule has 5 nitrogen and oxygen atoms in total. The van der Waals surface area contributed by atoms with Gasteiger partial charge < -0.3 is 14.8 Å². The number of fused-ring (bicyclic) bond motifs is 1. The molecule has 1 aromatic carbocycles. The van der Waals surface area contributed by atoms with Crippen LogP contribution in [0.5, 0.6) is 11.5 Å². The third-order valence-corrected chi connectivity index (χ3v) is 3.59. The number of nitrogens with one attached hydrogen (secondary N) is 1. The average molecular weight is 273 g/mol. The fourth-order valence-electron chi connectivity index (χ4n) is 2.35. The predicted octanol–water partition coefficient (Wildman–Crippen LogP) is 2.48. The van der Waals surface area contributed by atoms with Gasteiger partial charge in [0.15, 0.2) is 11.5 Å². The third kappa shape index (κ3) is 2.49. The Kier molecular flexibility index (Phi) is 3.60. The Morgan fingerprint density at radius 1 is 1.30 bits per heavy atom. The lowest BCUT2D eigenvalue weighted by molar-refractivity contribution is 0.174. The normalized spacial score (nSPS) is 14.5. The van der Waals surface area contributed by atoms with E-state index in [0.717, 1.165) is 24.6 Å². The summed E-state index contributed by atoms with van der Waals surface area (Å²) in [5.74, 6) is 1.65. The third-order valence-electron chi connectivity index (χ3n) is 3.59. The van der Waals surface area contributed by atoms with E-state index in [1.54, 1.807) is 0 Å². The molecule has 1 aromatic heterocycles. The van der Waals surface area contributed by atoms with Gasteiger partial charge in [-0.15, -0.1) is 0 Å². The van der Waals surface area contributed by atoms with Crippen molar-refractivity contribution in [2.24, 2.45) is 0 Å². The molecular weight excluding hydrogens is 254 g/mol. The summed E-state index contributed by atoms with van der Waals surface area (Å²) in [5, 5.41) is 7.78. The van der Waals surface area contributed by atoms with Crippen molar-refractivity contribution < 1.29 is 9.47 Å². The number of aryl methyl sites for hydroxylation is 1. The van der Waals surface area contributed by atoms with Crippen molar-refractivity contribution in [1.29, 1.82) is 0 Å². The minimum Gasteiger partial charge on any atom is -0.454 e. The highest BCUT2D eigenvalue weighted by atomic mass is 16.7. The minimum atomic E-state index is 0.240. The van der Waals surface area contributed by atoms with Crippen molar-refractivity contribution in [1.82, 2.24) is 15.1 Å². The smallest absolute Gasteiger partial charge is 0.231 e. The first-order chi connectivity index (χ1) is 9.78. The Hall–Kier alpha value is -2.01. The van der Waals surface area contributed by atoms with Gasteiger partial charge in [-0.2, -0.15) is 5.10 Å². The van der Waals surface area contributed by atoms with E-state index >= 15 is 0 Å². The number of ether oxygens (including phenoxy) is 2. The monoisotopic (exact) mass is 273 g/mol. The van der Waals surface area contributed by atoms with E-state index in [1.807, 2.05) is 29.1 Å². The Morgan fingerprint density at radius 3 is 3.00 bits per heavy atom. The summed E-state index contributed by atoms with van der Waals surface area (Å²) in [6, 6.07) is 8.36. The van der Waals surface area contributed by atoms with E-state index in [0.29, 0.717) is 6.79 Å². The lowest BCUT2D eigenvalue weighted by Crippen LogP contribution is -2.20. The van der Waals surface area contributed by atoms with Crippen molar-refractivity contribution >= 4 is 0 Å². The van der Waals surface area contributed by atoms with E-state index in [4.69, 9.17) is 9.47 Å². The maximum atomic E-state index is 5.41. The SMILES string of the molecule is CCn1nccc1CNC(C)c1ccc2c(c1)OCO2. The molecule has 0 aliphatic carbocycles. The van der Waals surface area contributed by atoms with Crippen LogP contribution in [0.25, 0.3) is 0 Å². The van der Waals surface area contributed by atoms with Crippen LogP contribution in [0.1, 0.15) is 31.1 Å². The number of hydrogen-bond donors (Lipinski definition) is 1. The van der Waals surface area contributed by atoms with Crippen LogP contribution >= 0.6 is 0 Å². The summed E-state index contributed by atoms with van der Waals surface area (Å²) in [6.07, 6.45) is 1.84. The molecule has 0 spiro atoms. The highest BCUT2D eigenvalue weighted by Crippen LogP contribution is 2.34. The van der Waals surface area contributed by atoms with E-state index in [9.17, 15) is 0 Å². The zero-order valence-corrected chi connectivity index (χ0v) is 11.8. The zero-order chi connectivity index (χ0) is 13.9. The molecule has 1 N–H and O–H groups in total. The second-order valence-electron chi connectivity index (χ2n) is 4.85. The van der Waals surface area contributed by atoms with Crippen molar-refractivity contribution in [3.8, 4) is 11.5 Å². The summed E-state index contributed by atoms with van der Waals surface area (Å²) in [7, 11) is 0. The quantitative estimate of drug-likeness (QED) is 0.909. The lowest BCUT2D eigenvalue weighted by atomic mass is 10.1. The molecule has 1 unspecified atom stereocenters.